The van der Waals surface area contributed by atoms with Crippen molar-refractivity contribution in [3.05, 3.63) is 58.7 Å². The fraction of sp³-hybridized carbons (Fsp3) is 0.481. The second-order valence-corrected chi connectivity index (χ2v) is 10.1. The van der Waals surface area contributed by atoms with Gasteiger partial charge in [0.05, 0.1) is 11.6 Å². The Bertz CT molecular complexity index is 1150. The second kappa shape index (κ2) is 12.4. The molecule has 4 rings (SSSR count). The molecular formula is C27H30ClF2N5O3. The highest BCUT2D eigenvalue weighted by molar-refractivity contribution is 6.30. The zero-order valence-electron chi connectivity index (χ0n) is 21.1. The number of hydrogen-bond acceptors (Lipinski definition) is 6. The number of piperidine rings is 1. The minimum absolute atomic E-state index is 0.0195. The van der Waals surface area contributed by atoms with Gasteiger partial charge in [-0.05, 0) is 42.7 Å². The van der Waals surface area contributed by atoms with Crippen LogP contribution in [0.2, 0.25) is 5.02 Å². The van der Waals surface area contributed by atoms with E-state index in [9.17, 15) is 18.4 Å². The minimum Gasteiger partial charge on any atom is -0.441 e. The quantitative estimate of drug-likeness (QED) is 0.518. The molecule has 2 aliphatic rings. The van der Waals surface area contributed by atoms with Crippen LogP contribution in [0, 0.1) is 17.2 Å². The van der Waals surface area contributed by atoms with Gasteiger partial charge in [-0.3, -0.25) is 4.79 Å². The highest BCUT2D eigenvalue weighted by Gasteiger charge is 2.42. The van der Waals surface area contributed by atoms with Crippen molar-refractivity contribution in [1.29, 1.82) is 5.26 Å². The largest absolute Gasteiger partial charge is 0.441 e. The summed E-state index contributed by atoms with van der Waals surface area (Å²) in [4.78, 5) is 35.8. The maximum absolute atomic E-state index is 13.6. The van der Waals surface area contributed by atoms with Crippen LogP contribution in [0.3, 0.4) is 0 Å². The molecule has 0 spiro atoms. The molecule has 11 heteroatoms. The summed E-state index contributed by atoms with van der Waals surface area (Å²) in [6.45, 7) is -0.216. The van der Waals surface area contributed by atoms with Crippen molar-refractivity contribution in [3.8, 4) is 6.07 Å². The van der Waals surface area contributed by atoms with Gasteiger partial charge < -0.3 is 19.4 Å². The van der Waals surface area contributed by atoms with Gasteiger partial charge in [-0.1, -0.05) is 23.7 Å². The van der Waals surface area contributed by atoms with Crippen molar-refractivity contribution < 1.29 is 23.1 Å². The Morgan fingerprint density at radius 2 is 1.84 bits per heavy atom. The van der Waals surface area contributed by atoms with Crippen LogP contribution in [0.1, 0.15) is 29.9 Å². The van der Waals surface area contributed by atoms with E-state index in [1.165, 1.54) is 11.9 Å². The van der Waals surface area contributed by atoms with Gasteiger partial charge in [-0.25, -0.2) is 18.6 Å². The molecule has 38 heavy (non-hydrogen) atoms. The third-order valence-electron chi connectivity index (χ3n) is 7.34. The van der Waals surface area contributed by atoms with Crippen LogP contribution in [0.5, 0.6) is 0 Å². The number of ether oxygens (including phenoxy) is 1. The average molecular weight is 546 g/mol. The summed E-state index contributed by atoms with van der Waals surface area (Å²) in [6.07, 6.45) is 0.568. The number of likely N-dealkylation sites (tertiary alicyclic amines) is 1. The van der Waals surface area contributed by atoms with E-state index in [0.29, 0.717) is 43.1 Å². The summed E-state index contributed by atoms with van der Waals surface area (Å²) in [5, 5.41) is 9.55. The predicted octanol–water partition coefficient (Wildman–Crippen LogP) is 4.19. The number of carbonyl (C=O) groups excluding carboxylic acids is 2. The van der Waals surface area contributed by atoms with Gasteiger partial charge in [-0.15, -0.1) is 0 Å². The first-order chi connectivity index (χ1) is 18.3. The van der Waals surface area contributed by atoms with E-state index in [1.807, 2.05) is 18.2 Å². The number of halogens is 3. The Balaban J connectivity index is 1.44. The molecule has 2 unspecified atom stereocenters. The molecule has 2 saturated heterocycles. The zero-order chi connectivity index (χ0) is 27.2. The summed E-state index contributed by atoms with van der Waals surface area (Å²) in [5.41, 5.74) is 1.40. The number of nitriles is 1. The minimum atomic E-state index is -1.45. The van der Waals surface area contributed by atoms with Gasteiger partial charge >= 0.3 is 6.09 Å². The lowest BCUT2D eigenvalue weighted by molar-refractivity contribution is -0.135. The number of rotatable bonds is 7. The van der Waals surface area contributed by atoms with Crippen LogP contribution in [-0.4, -0.2) is 85.5 Å². The lowest BCUT2D eigenvalue weighted by Gasteiger charge is -2.34. The number of pyridine rings is 1. The number of amides is 2. The highest BCUT2D eigenvalue weighted by Crippen LogP contribution is 2.34. The first-order valence-electron chi connectivity index (χ1n) is 12.5. The van der Waals surface area contributed by atoms with E-state index in [-0.39, 0.29) is 24.3 Å². The summed E-state index contributed by atoms with van der Waals surface area (Å²) in [7, 11) is 1.53. The van der Waals surface area contributed by atoms with E-state index in [1.54, 1.807) is 29.3 Å². The molecular weight excluding hydrogens is 516 g/mol. The van der Waals surface area contributed by atoms with Gasteiger partial charge in [0.1, 0.15) is 25.2 Å². The molecule has 0 radical (unpaired) electrons. The smallest absolute Gasteiger partial charge is 0.410 e. The molecule has 202 valence electrons. The molecule has 2 aromatic rings. The molecule has 0 N–H and O–H groups in total. The molecule has 0 saturated carbocycles. The summed E-state index contributed by atoms with van der Waals surface area (Å²) >= 11 is 6.07. The van der Waals surface area contributed by atoms with Crippen LogP contribution in [-0.2, 0) is 9.53 Å². The van der Waals surface area contributed by atoms with Crippen molar-refractivity contribution in [2.45, 2.75) is 30.9 Å². The Kier molecular flexibility index (Phi) is 9.00. The first-order valence-corrected chi connectivity index (χ1v) is 12.9. The lowest BCUT2D eigenvalue weighted by Crippen LogP contribution is -2.45. The van der Waals surface area contributed by atoms with E-state index >= 15 is 0 Å². The molecule has 8 nitrogen and oxygen atoms in total. The maximum Gasteiger partial charge on any atom is 0.410 e. The number of hydrogen-bond donors (Lipinski definition) is 0. The van der Waals surface area contributed by atoms with Crippen molar-refractivity contribution in [3.63, 3.8) is 0 Å². The number of likely N-dealkylation sites (N-methyl/N-ethyl adjacent to an activating group) is 1. The molecule has 0 bridgehead atoms. The molecule has 3 heterocycles. The molecule has 1 aromatic carbocycles. The topological polar surface area (TPSA) is 89.8 Å². The van der Waals surface area contributed by atoms with E-state index in [2.05, 4.69) is 16.0 Å². The van der Waals surface area contributed by atoms with Gasteiger partial charge in [0.15, 0.2) is 6.10 Å². The third kappa shape index (κ3) is 6.16. The zero-order valence-corrected chi connectivity index (χ0v) is 21.9. The van der Waals surface area contributed by atoms with Crippen molar-refractivity contribution in [2.75, 3.05) is 51.5 Å². The Morgan fingerprint density at radius 1 is 1.16 bits per heavy atom. The SMILES string of the molecule is CN(C(=O)OC(CF)CF)C1CN(C(=O)C2CCN(c3ccc(C#N)cn3)CC2)CC1c1ccc(Cl)cc1. The van der Waals surface area contributed by atoms with Crippen LogP contribution in [0.25, 0.3) is 0 Å². The number of anilines is 1. The summed E-state index contributed by atoms with van der Waals surface area (Å²) in [6, 6.07) is 12.4. The molecule has 1 aromatic heterocycles. The fourth-order valence-electron chi connectivity index (χ4n) is 5.11. The molecule has 0 aliphatic carbocycles. The Hall–Kier alpha value is -3.45. The maximum atomic E-state index is 13.6. The number of carbonyl (C=O) groups is 2. The van der Waals surface area contributed by atoms with Gasteiger partial charge in [-0.2, -0.15) is 5.26 Å². The van der Waals surface area contributed by atoms with Crippen LogP contribution in [0.15, 0.2) is 42.6 Å². The van der Waals surface area contributed by atoms with Gasteiger partial charge in [0, 0.05) is 56.3 Å². The van der Waals surface area contributed by atoms with E-state index in [4.69, 9.17) is 21.6 Å². The second-order valence-electron chi connectivity index (χ2n) is 9.67. The number of nitrogens with zero attached hydrogens (tertiary/aromatic N) is 5. The van der Waals surface area contributed by atoms with Gasteiger partial charge in [0.25, 0.3) is 0 Å². The summed E-state index contributed by atoms with van der Waals surface area (Å²) in [5.74, 6) is 0.407. The first kappa shape index (κ1) is 27.6. The average Bonchev–Trinajstić information content (AvgIpc) is 3.41. The standard InChI is InChI=1S/C27H30ClF2N5O3/c1-33(27(37)38-22(12-29)13-30)24-17-35(16-23(24)19-3-5-21(28)6-4-19)26(36)20-8-10-34(11-9-20)25-7-2-18(14-31)15-32-25/h2-7,15,20,22-24H,8-13,16-17H2,1H3. The van der Waals surface area contributed by atoms with Crippen LogP contribution >= 0.6 is 11.6 Å². The Morgan fingerprint density at radius 3 is 2.42 bits per heavy atom. The van der Waals surface area contributed by atoms with Gasteiger partial charge in [0.2, 0.25) is 5.91 Å². The molecule has 2 amide bonds. The normalized spacial score (nSPS) is 19.9. The van der Waals surface area contributed by atoms with Crippen molar-refractivity contribution in [2.24, 2.45) is 5.92 Å². The number of aromatic nitrogens is 1. The van der Waals surface area contributed by atoms with Crippen molar-refractivity contribution >= 4 is 29.4 Å². The number of benzene rings is 1. The van der Waals surface area contributed by atoms with Crippen LogP contribution in [0.4, 0.5) is 19.4 Å². The molecule has 2 fully saturated rings. The lowest BCUT2D eigenvalue weighted by atomic mass is 9.93. The number of alkyl halides is 2. The van der Waals surface area contributed by atoms with E-state index < -0.39 is 31.6 Å². The van der Waals surface area contributed by atoms with Crippen molar-refractivity contribution in [1.82, 2.24) is 14.8 Å². The Labute approximate surface area is 225 Å². The van der Waals surface area contributed by atoms with Crippen LogP contribution < -0.4 is 4.90 Å². The van der Waals surface area contributed by atoms with E-state index in [0.717, 1.165) is 11.4 Å². The molecule has 2 atom stereocenters. The monoisotopic (exact) mass is 545 g/mol. The fourth-order valence-corrected chi connectivity index (χ4v) is 5.24. The predicted molar refractivity (Wildman–Crippen MR) is 138 cm³/mol. The third-order valence-corrected chi connectivity index (χ3v) is 7.59. The highest BCUT2D eigenvalue weighted by atomic mass is 35.5. The summed E-state index contributed by atoms with van der Waals surface area (Å²) < 4.78 is 30.9. The molecule has 2 aliphatic heterocycles.